The van der Waals surface area contributed by atoms with Crippen LogP contribution in [0.15, 0.2) is 36.4 Å². The SMILES string of the molecule is CCCCn1c2cc(NC(=O)[C@@H]3CCCN3C(=O)[C@H](NC(=O)OC)C(C)C)ccc2c2ccc(NC(=O)[C@@H]3CCCN3C(=O)[C@H](NC(=O)OC)C(C)C)cc21. The first-order valence-electron chi connectivity index (χ1n) is 19.3. The maximum Gasteiger partial charge on any atom is 0.407 e. The van der Waals surface area contributed by atoms with Crippen molar-refractivity contribution in [2.75, 3.05) is 37.9 Å². The highest BCUT2D eigenvalue weighted by Crippen LogP contribution is 2.34. The third kappa shape index (κ3) is 8.97. The van der Waals surface area contributed by atoms with E-state index in [0.717, 1.165) is 34.6 Å². The molecule has 55 heavy (non-hydrogen) atoms. The van der Waals surface area contributed by atoms with Gasteiger partial charge in [0.05, 0.1) is 25.3 Å². The normalized spacial score (nSPS) is 18.1. The van der Waals surface area contributed by atoms with Crippen LogP contribution in [0.1, 0.15) is 73.1 Å². The maximum atomic E-state index is 13.7. The van der Waals surface area contributed by atoms with Crippen molar-refractivity contribution in [1.82, 2.24) is 25.0 Å². The van der Waals surface area contributed by atoms with E-state index >= 15 is 0 Å². The predicted octanol–water partition coefficient (Wildman–Crippen LogP) is 5.21. The number of methoxy groups -OCH3 is 2. The summed E-state index contributed by atoms with van der Waals surface area (Å²) in [5.74, 6) is -1.66. The van der Waals surface area contributed by atoms with Gasteiger partial charge >= 0.3 is 12.2 Å². The number of nitrogens with one attached hydrogen (secondary N) is 4. The van der Waals surface area contributed by atoms with Gasteiger partial charge in [-0.3, -0.25) is 19.2 Å². The van der Waals surface area contributed by atoms with Gasteiger partial charge < -0.3 is 45.1 Å². The molecule has 3 heterocycles. The van der Waals surface area contributed by atoms with Crippen molar-refractivity contribution in [3.05, 3.63) is 36.4 Å². The summed E-state index contributed by atoms with van der Waals surface area (Å²) in [4.78, 5) is 81.5. The molecular weight excluding hydrogens is 706 g/mol. The van der Waals surface area contributed by atoms with Crippen LogP contribution in [0.2, 0.25) is 0 Å². The lowest BCUT2D eigenvalue weighted by atomic mass is 10.0. The average molecular weight is 762 g/mol. The Bertz CT molecular complexity index is 1790. The third-order valence-electron chi connectivity index (χ3n) is 10.6. The molecule has 2 fully saturated rings. The number of aryl methyl sites for hydroxylation is 1. The quantitative estimate of drug-likeness (QED) is 0.183. The molecule has 15 nitrogen and oxygen atoms in total. The van der Waals surface area contributed by atoms with E-state index in [1.807, 2.05) is 64.1 Å². The number of benzene rings is 2. The number of carbonyl (C=O) groups excluding carboxylic acids is 6. The standard InChI is InChI=1S/C40H55N7O8/c1-8-9-18-45-31-21-25(41-35(48)29-12-10-19-46(29)37(50)33(23(2)3)43-39(52)54-6)14-16-27(31)28-17-15-26(22-32(28)45)42-36(49)30-13-11-20-47(30)38(51)34(24(4)5)44-40(53)55-7/h14-17,21-24,29-30,33-34H,8-13,18-20H2,1-7H3,(H,41,48)(H,42,49)(H,43,52)(H,44,53)/t29-,30-,33+,34+/m0/s1. The van der Waals surface area contributed by atoms with Gasteiger partial charge in [-0.15, -0.1) is 0 Å². The first kappa shape index (κ1) is 40.8. The van der Waals surface area contributed by atoms with Crippen molar-refractivity contribution >= 4 is 69.0 Å². The van der Waals surface area contributed by atoms with E-state index in [1.165, 1.54) is 14.2 Å². The Balaban J connectivity index is 1.37. The number of hydrogen-bond acceptors (Lipinski definition) is 8. The smallest absolute Gasteiger partial charge is 0.407 e. The highest BCUT2D eigenvalue weighted by molar-refractivity contribution is 6.11. The molecule has 4 N–H and O–H groups in total. The van der Waals surface area contributed by atoms with Crippen molar-refractivity contribution in [3.63, 3.8) is 0 Å². The molecule has 6 amide bonds. The topological polar surface area (TPSA) is 180 Å². The molecule has 2 aliphatic heterocycles. The minimum Gasteiger partial charge on any atom is -0.453 e. The number of rotatable bonds is 13. The van der Waals surface area contributed by atoms with Gasteiger partial charge in [0.15, 0.2) is 0 Å². The number of carbonyl (C=O) groups is 6. The molecule has 5 rings (SSSR count). The predicted molar refractivity (Wildman–Crippen MR) is 209 cm³/mol. The zero-order chi connectivity index (χ0) is 40.0. The van der Waals surface area contributed by atoms with E-state index in [0.29, 0.717) is 56.7 Å². The van der Waals surface area contributed by atoms with Crippen molar-refractivity contribution in [2.45, 2.75) is 104 Å². The zero-order valence-corrected chi connectivity index (χ0v) is 32.9. The van der Waals surface area contributed by atoms with E-state index < -0.39 is 36.4 Å². The number of fused-ring (bicyclic) bond motifs is 3. The van der Waals surface area contributed by atoms with Crippen LogP contribution in [0, 0.1) is 11.8 Å². The third-order valence-corrected chi connectivity index (χ3v) is 10.6. The molecular formula is C40H55N7O8. The molecule has 1 aromatic heterocycles. The number of aromatic nitrogens is 1. The van der Waals surface area contributed by atoms with Crippen molar-refractivity contribution < 1.29 is 38.2 Å². The summed E-state index contributed by atoms with van der Waals surface area (Å²) in [6, 6.07) is 8.48. The van der Waals surface area contributed by atoms with Gasteiger partial charge in [0, 0.05) is 41.8 Å². The van der Waals surface area contributed by atoms with Gasteiger partial charge in [-0.25, -0.2) is 9.59 Å². The Morgan fingerprint density at radius 1 is 0.691 bits per heavy atom. The highest BCUT2D eigenvalue weighted by atomic mass is 16.5. The van der Waals surface area contributed by atoms with E-state index in [9.17, 15) is 28.8 Å². The monoisotopic (exact) mass is 761 g/mol. The zero-order valence-electron chi connectivity index (χ0n) is 32.9. The molecule has 2 aromatic carbocycles. The number of nitrogens with zero attached hydrogens (tertiary/aromatic N) is 3. The van der Waals surface area contributed by atoms with Crippen molar-refractivity contribution in [1.29, 1.82) is 0 Å². The van der Waals surface area contributed by atoms with Crippen molar-refractivity contribution in [3.8, 4) is 0 Å². The minimum absolute atomic E-state index is 0.210. The number of amides is 6. The number of alkyl carbamates (subject to hydrolysis) is 2. The van der Waals surface area contributed by atoms with Crippen molar-refractivity contribution in [2.24, 2.45) is 11.8 Å². The van der Waals surface area contributed by atoms with Gasteiger partial charge in [0.25, 0.3) is 0 Å². The molecule has 3 aromatic rings. The van der Waals surface area contributed by atoms with Crippen LogP contribution in [0.3, 0.4) is 0 Å². The fourth-order valence-corrected chi connectivity index (χ4v) is 7.62. The summed E-state index contributed by atoms with van der Waals surface area (Å²) >= 11 is 0. The summed E-state index contributed by atoms with van der Waals surface area (Å²) in [7, 11) is 2.48. The van der Waals surface area contributed by atoms with Crippen LogP contribution in [0.4, 0.5) is 21.0 Å². The first-order chi connectivity index (χ1) is 26.3. The van der Waals surface area contributed by atoms with Crippen LogP contribution < -0.4 is 21.3 Å². The number of likely N-dealkylation sites (tertiary alicyclic amines) is 2. The maximum absolute atomic E-state index is 13.7. The Labute approximate surface area is 321 Å². The molecule has 298 valence electrons. The highest BCUT2D eigenvalue weighted by Gasteiger charge is 2.40. The van der Waals surface area contributed by atoms with E-state index in [4.69, 9.17) is 9.47 Å². The summed E-state index contributed by atoms with van der Waals surface area (Å²) < 4.78 is 11.6. The second-order valence-electron chi connectivity index (χ2n) is 15.0. The second kappa shape index (κ2) is 17.9. The number of anilines is 2. The lowest BCUT2D eigenvalue weighted by Crippen LogP contribution is -2.54. The van der Waals surface area contributed by atoms with Gasteiger partial charge in [-0.1, -0.05) is 53.2 Å². The first-order valence-corrected chi connectivity index (χ1v) is 19.3. The molecule has 15 heteroatoms. The van der Waals surface area contributed by atoms with Crippen LogP contribution >= 0.6 is 0 Å². The molecule has 0 bridgehead atoms. The van der Waals surface area contributed by atoms with Gasteiger partial charge in [0.1, 0.15) is 24.2 Å². The largest absolute Gasteiger partial charge is 0.453 e. The molecule has 0 unspecified atom stereocenters. The molecule has 0 spiro atoms. The number of ether oxygens (including phenoxy) is 2. The summed E-state index contributed by atoms with van der Waals surface area (Å²) in [5.41, 5.74) is 3.01. The average Bonchev–Trinajstić information content (AvgIpc) is 3.92. The lowest BCUT2D eigenvalue weighted by Gasteiger charge is -2.30. The Hall–Kier alpha value is -5.34. The summed E-state index contributed by atoms with van der Waals surface area (Å²) in [6.45, 7) is 11.0. The molecule has 0 saturated carbocycles. The lowest BCUT2D eigenvalue weighted by molar-refractivity contribution is -0.139. The number of unbranched alkanes of at least 4 members (excludes halogenated alkanes) is 1. The van der Waals surface area contributed by atoms with Gasteiger partial charge in [-0.2, -0.15) is 0 Å². The Morgan fingerprint density at radius 2 is 1.11 bits per heavy atom. The summed E-state index contributed by atoms with van der Waals surface area (Å²) in [6.07, 6.45) is 2.78. The van der Waals surface area contributed by atoms with E-state index in [1.54, 1.807) is 9.80 Å². The second-order valence-corrected chi connectivity index (χ2v) is 15.0. The molecule has 2 saturated heterocycles. The molecule has 0 radical (unpaired) electrons. The van der Waals surface area contributed by atoms with Crippen LogP contribution in [0.25, 0.3) is 21.8 Å². The fourth-order valence-electron chi connectivity index (χ4n) is 7.62. The molecule has 4 atom stereocenters. The fraction of sp³-hybridized carbons (Fsp3) is 0.550. The minimum atomic E-state index is -0.826. The van der Waals surface area contributed by atoms with Gasteiger partial charge in [0.2, 0.25) is 23.6 Å². The Morgan fingerprint density at radius 3 is 1.47 bits per heavy atom. The van der Waals surface area contributed by atoms with E-state index in [2.05, 4.69) is 32.8 Å². The Kier molecular flexibility index (Phi) is 13.3. The van der Waals surface area contributed by atoms with Crippen LogP contribution in [-0.4, -0.2) is 102 Å². The van der Waals surface area contributed by atoms with Gasteiger partial charge in [-0.05, 0) is 68.2 Å². The van der Waals surface area contributed by atoms with E-state index in [-0.39, 0.29) is 35.5 Å². The molecule has 2 aliphatic rings. The number of hydrogen-bond donors (Lipinski definition) is 4. The van der Waals surface area contributed by atoms with Crippen LogP contribution in [0.5, 0.6) is 0 Å². The molecule has 0 aliphatic carbocycles. The summed E-state index contributed by atoms with van der Waals surface area (Å²) in [5, 5.41) is 13.3. The van der Waals surface area contributed by atoms with Crippen LogP contribution in [-0.2, 0) is 35.2 Å².